The van der Waals surface area contributed by atoms with Crippen LogP contribution in [0.4, 0.5) is 13.2 Å². The highest BCUT2D eigenvalue weighted by Crippen LogP contribution is 2.20. The van der Waals surface area contributed by atoms with Gasteiger partial charge in [0.05, 0.1) is 0 Å². The Labute approximate surface area is 51.5 Å². The summed E-state index contributed by atoms with van der Waals surface area (Å²) in [6.45, 7) is 0. The second kappa shape index (κ2) is 3.22. The largest absolute Gasteiger partial charge is 0.793 e. The topological polar surface area (TPSA) is 0 Å². The molecular formula is C4H6F3S-. The molecule has 0 aromatic rings. The van der Waals surface area contributed by atoms with Crippen molar-refractivity contribution in [2.24, 2.45) is 0 Å². The standard InChI is InChI=1S/C4H7F3S/c5-4(6,7)2-1-3-8/h8H,1-3H2/p-1. The Bertz CT molecular complexity index is 58.8. The first-order chi connectivity index (χ1) is 3.56. The molecule has 0 radical (unpaired) electrons. The van der Waals surface area contributed by atoms with Gasteiger partial charge in [-0.25, -0.2) is 0 Å². The van der Waals surface area contributed by atoms with E-state index in [0.29, 0.717) is 0 Å². The quantitative estimate of drug-likeness (QED) is 0.532. The number of rotatable bonds is 2. The maximum Gasteiger partial charge on any atom is 0.389 e. The van der Waals surface area contributed by atoms with E-state index in [2.05, 4.69) is 12.6 Å². The molecule has 4 heteroatoms. The first-order valence-corrected chi connectivity index (χ1v) is 2.79. The molecule has 50 valence electrons. The highest BCUT2D eigenvalue weighted by Gasteiger charge is 2.24. The van der Waals surface area contributed by atoms with Crippen molar-refractivity contribution in [3.8, 4) is 0 Å². The molecule has 0 amide bonds. The van der Waals surface area contributed by atoms with E-state index in [0.717, 1.165) is 0 Å². The highest BCUT2D eigenvalue weighted by atomic mass is 32.1. The Morgan fingerprint density at radius 1 is 1.25 bits per heavy atom. The van der Waals surface area contributed by atoms with E-state index in [4.69, 9.17) is 0 Å². The lowest BCUT2D eigenvalue weighted by molar-refractivity contribution is -0.134. The van der Waals surface area contributed by atoms with Crippen molar-refractivity contribution < 1.29 is 13.2 Å². The van der Waals surface area contributed by atoms with Crippen LogP contribution >= 0.6 is 0 Å². The van der Waals surface area contributed by atoms with E-state index >= 15 is 0 Å². The van der Waals surface area contributed by atoms with Crippen molar-refractivity contribution in [1.82, 2.24) is 0 Å². The minimum atomic E-state index is -4.02. The minimum Gasteiger partial charge on any atom is -0.793 e. The van der Waals surface area contributed by atoms with Gasteiger partial charge in [-0.1, -0.05) is 6.42 Å². The number of alkyl halides is 3. The summed E-state index contributed by atoms with van der Waals surface area (Å²) in [5.74, 6) is 0.194. The zero-order valence-corrected chi connectivity index (χ0v) is 4.98. The summed E-state index contributed by atoms with van der Waals surface area (Å²) in [4.78, 5) is 0. The summed E-state index contributed by atoms with van der Waals surface area (Å²) in [5, 5.41) is 0. The monoisotopic (exact) mass is 143 g/mol. The maximum absolute atomic E-state index is 11.2. The lowest BCUT2D eigenvalue weighted by Crippen LogP contribution is -2.06. The Hall–Kier alpha value is 0.140. The highest BCUT2D eigenvalue weighted by molar-refractivity contribution is 7.58. The van der Waals surface area contributed by atoms with Gasteiger partial charge >= 0.3 is 6.18 Å². The van der Waals surface area contributed by atoms with Gasteiger partial charge in [-0.3, -0.25) is 0 Å². The Morgan fingerprint density at radius 3 is 1.88 bits per heavy atom. The van der Waals surface area contributed by atoms with Crippen LogP contribution in [0, 0.1) is 0 Å². The number of hydrogen-bond acceptors (Lipinski definition) is 1. The predicted octanol–water partition coefficient (Wildman–Crippen LogP) is 1.88. The van der Waals surface area contributed by atoms with Gasteiger partial charge in [0, 0.05) is 6.42 Å². The molecule has 0 heterocycles. The Balaban J connectivity index is 3.11. The SMILES string of the molecule is FC(F)(F)CCC[S-]. The first-order valence-electron chi connectivity index (χ1n) is 2.21. The number of halogens is 3. The fraction of sp³-hybridized carbons (Fsp3) is 1.00. The van der Waals surface area contributed by atoms with Crippen LogP contribution in [0.25, 0.3) is 0 Å². The summed E-state index contributed by atoms with van der Waals surface area (Å²) in [6, 6.07) is 0. The van der Waals surface area contributed by atoms with Crippen molar-refractivity contribution in [3.63, 3.8) is 0 Å². The lowest BCUT2D eigenvalue weighted by atomic mass is 10.3. The van der Waals surface area contributed by atoms with E-state index < -0.39 is 12.6 Å². The smallest absolute Gasteiger partial charge is 0.389 e. The molecular weight excluding hydrogens is 137 g/mol. The molecule has 0 spiro atoms. The molecule has 0 aliphatic rings. The third kappa shape index (κ3) is 6.14. The second-order valence-electron chi connectivity index (χ2n) is 1.42. The fourth-order valence-electron chi connectivity index (χ4n) is 0.273. The van der Waals surface area contributed by atoms with Crippen LogP contribution in [0.1, 0.15) is 12.8 Å². The van der Waals surface area contributed by atoms with Crippen LogP contribution < -0.4 is 0 Å². The molecule has 0 N–H and O–H groups in total. The normalized spacial score (nSPS) is 12.0. The van der Waals surface area contributed by atoms with Crippen LogP contribution in [0.5, 0.6) is 0 Å². The lowest BCUT2D eigenvalue weighted by Gasteiger charge is -2.06. The summed E-state index contributed by atoms with van der Waals surface area (Å²) >= 11 is 4.32. The average Bonchev–Trinajstić information content (AvgIpc) is 1.59. The van der Waals surface area contributed by atoms with Gasteiger partial charge in [-0.2, -0.15) is 18.9 Å². The van der Waals surface area contributed by atoms with Crippen molar-refractivity contribution in [3.05, 3.63) is 0 Å². The van der Waals surface area contributed by atoms with Gasteiger partial charge in [0.2, 0.25) is 0 Å². The first kappa shape index (κ1) is 8.14. The Kier molecular flexibility index (Phi) is 3.28. The summed E-state index contributed by atoms with van der Waals surface area (Å²) in [6.07, 6.45) is -4.69. The van der Waals surface area contributed by atoms with Crippen LogP contribution in [-0.2, 0) is 12.6 Å². The average molecular weight is 143 g/mol. The third-order valence-electron chi connectivity index (χ3n) is 0.605. The van der Waals surface area contributed by atoms with Gasteiger partial charge in [0.25, 0.3) is 0 Å². The van der Waals surface area contributed by atoms with Gasteiger partial charge in [-0.05, 0) is 0 Å². The van der Waals surface area contributed by atoms with Crippen molar-refractivity contribution in [1.29, 1.82) is 0 Å². The van der Waals surface area contributed by atoms with Crippen LogP contribution in [-0.4, -0.2) is 11.9 Å². The van der Waals surface area contributed by atoms with E-state index in [1.54, 1.807) is 0 Å². The van der Waals surface area contributed by atoms with Crippen molar-refractivity contribution in [2.45, 2.75) is 19.0 Å². The minimum absolute atomic E-state index is 0.0683. The molecule has 0 fully saturated rings. The van der Waals surface area contributed by atoms with E-state index in [1.807, 2.05) is 0 Å². The van der Waals surface area contributed by atoms with E-state index in [9.17, 15) is 13.2 Å². The Morgan fingerprint density at radius 2 is 1.75 bits per heavy atom. The molecule has 0 aliphatic heterocycles. The summed E-state index contributed by atoms with van der Waals surface area (Å²) in [7, 11) is 0. The molecule has 0 aromatic carbocycles. The zero-order chi connectivity index (χ0) is 6.62. The molecule has 0 saturated carbocycles. The molecule has 0 bridgehead atoms. The fourth-order valence-corrected chi connectivity index (χ4v) is 0.417. The summed E-state index contributed by atoms with van der Waals surface area (Å²) in [5.41, 5.74) is 0. The molecule has 0 nitrogen and oxygen atoms in total. The predicted molar refractivity (Wildman–Crippen MR) is 27.5 cm³/mol. The second-order valence-corrected chi connectivity index (χ2v) is 1.83. The van der Waals surface area contributed by atoms with Gasteiger partial charge < -0.3 is 12.6 Å². The van der Waals surface area contributed by atoms with Crippen LogP contribution in [0.15, 0.2) is 0 Å². The van der Waals surface area contributed by atoms with Crippen LogP contribution in [0.2, 0.25) is 0 Å². The van der Waals surface area contributed by atoms with Crippen molar-refractivity contribution in [2.75, 3.05) is 5.75 Å². The molecule has 0 aliphatic carbocycles. The summed E-state index contributed by atoms with van der Waals surface area (Å²) < 4.78 is 33.6. The molecule has 0 saturated heterocycles. The molecule has 0 atom stereocenters. The number of hydrogen-bond donors (Lipinski definition) is 0. The van der Waals surface area contributed by atoms with Gasteiger partial charge in [-0.15, -0.1) is 0 Å². The van der Waals surface area contributed by atoms with Gasteiger partial charge in [0.1, 0.15) is 0 Å². The molecule has 0 rings (SSSR count). The van der Waals surface area contributed by atoms with Gasteiger partial charge in [0.15, 0.2) is 0 Å². The van der Waals surface area contributed by atoms with Crippen LogP contribution in [0.3, 0.4) is 0 Å². The van der Waals surface area contributed by atoms with E-state index in [1.165, 1.54) is 0 Å². The zero-order valence-electron chi connectivity index (χ0n) is 4.16. The third-order valence-corrected chi connectivity index (χ3v) is 0.893. The molecule has 0 unspecified atom stereocenters. The molecule has 8 heavy (non-hydrogen) atoms. The van der Waals surface area contributed by atoms with Crippen molar-refractivity contribution >= 4 is 12.6 Å². The van der Waals surface area contributed by atoms with E-state index in [-0.39, 0.29) is 12.2 Å². The molecule has 0 aromatic heterocycles. The maximum atomic E-state index is 11.2.